The van der Waals surface area contributed by atoms with Crippen LogP contribution in [0.5, 0.6) is 0 Å². The Morgan fingerprint density at radius 3 is 2.43 bits per heavy atom. The van der Waals surface area contributed by atoms with Crippen molar-refractivity contribution in [1.29, 1.82) is 5.26 Å². The minimum Gasteiger partial charge on any atom is -0.444 e. The van der Waals surface area contributed by atoms with E-state index in [-0.39, 0.29) is 0 Å². The largest absolute Gasteiger partial charge is 0.444 e. The number of benzene rings is 2. The maximum absolute atomic E-state index is 12.2. The molecule has 8 heteroatoms. The summed E-state index contributed by atoms with van der Waals surface area (Å²) in [5.41, 5.74) is 2.92. The van der Waals surface area contributed by atoms with Crippen LogP contribution in [0.2, 0.25) is 0 Å². The summed E-state index contributed by atoms with van der Waals surface area (Å²) in [5, 5.41) is 11.9. The molecule has 0 aliphatic carbocycles. The number of nitriles is 1. The van der Waals surface area contributed by atoms with Crippen molar-refractivity contribution < 1.29 is 17.9 Å². The maximum atomic E-state index is 12.2. The standard InChI is InChI=1S/C22H25N3O4S/c1-22(2,3)29-21(26)24-19(13-23)11-15-5-7-16(8-6-15)17-9-10-20-18(12-17)14-25(4)30(20,27)28/h5-10,12,19H,11,14H2,1-4H3,(H,24,26)/t19-/m0/s1. The number of nitrogens with one attached hydrogen (secondary N) is 1. The summed E-state index contributed by atoms with van der Waals surface area (Å²) in [7, 11) is -1.80. The SMILES string of the molecule is CN1Cc2cc(-c3ccc(C[C@@H](C#N)NC(=O)OC(C)(C)C)cc3)ccc2S1(=O)=O. The number of hydrogen-bond donors (Lipinski definition) is 1. The summed E-state index contributed by atoms with van der Waals surface area (Å²) in [5.74, 6) is 0. The second-order valence-electron chi connectivity index (χ2n) is 8.31. The zero-order valence-electron chi connectivity index (χ0n) is 17.5. The quantitative estimate of drug-likeness (QED) is 0.806. The molecule has 0 saturated carbocycles. The summed E-state index contributed by atoms with van der Waals surface area (Å²) >= 11 is 0. The van der Waals surface area contributed by atoms with Gasteiger partial charge in [0.2, 0.25) is 10.0 Å². The summed E-state index contributed by atoms with van der Waals surface area (Å²) in [6.45, 7) is 5.65. The Hall–Kier alpha value is -2.89. The van der Waals surface area contributed by atoms with Gasteiger partial charge in [-0.2, -0.15) is 9.57 Å². The van der Waals surface area contributed by atoms with Gasteiger partial charge in [0, 0.05) is 20.0 Å². The number of alkyl carbamates (subject to hydrolysis) is 1. The molecule has 0 fully saturated rings. The highest BCUT2D eigenvalue weighted by molar-refractivity contribution is 7.89. The van der Waals surface area contributed by atoms with Gasteiger partial charge in [0.25, 0.3) is 0 Å². The molecule has 1 heterocycles. The van der Waals surface area contributed by atoms with Gasteiger partial charge in [-0.05, 0) is 55.2 Å². The number of hydrogen-bond acceptors (Lipinski definition) is 5. The Labute approximate surface area is 177 Å². The highest BCUT2D eigenvalue weighted by Crippen LogP contribution is 2.32. The Bertz CT molecular complexity index is 1100. The molecular formula is C22H25N3O4S. The number of sulfonamides is 1. The molecule has 0 aromatic heterocycles. The van der Waals surface area contributed by atoms with Crippen LogP contribution < -0.4 is 5.32 Å². The summed E-state index contributed by atoms with van der Waals surface area (Å²) in [6.07, 6.45) is -0.271. The molecule has 1 aliphatic rings. The molecule has 0 spiro atoms. The third-order valence-corrected chi connectivity index (χ3v) is 6.62. The van der Waals surface area contributed by atoms with Gasteiger partial charge in [0.15, 0.2) is 0 Å². The normalized spacial score (nSPS) is 16.4. The van der Waals surface area contributed by atoms with Gasteiger partial charge in [-0.15, -0.1) is 0 Å². The third-order valence-electron chi connectivity index (χ3n) is 4.72. The zero-order chi connectivity index (χ0) is 22.1. The molecule has 1 amide bonds. The van der Waals surface area contributed by atoms with E-state index in [2.05, 4.69) is 11.4 Å². The molecule has 1 atom stereocenters. The van der Waals surface area contributed by atoms with E-state index in [1.54, 1.807) is 40.0 Å². The lowest BCUT2D eigenvalue weighted by molar-refractivity contribution is 0.0516. The number of carbonyl (C=O) groups excluding carboxylic acids is 1. The number of rotatable bonds is 4. The second-order valence-corrected chi connectivity index (χ2v) is 10.3. The van der Waals surface area contributed by atoms with E-state index in [0.29, 0.717) is 17.9 Å². The van der Waals surface area contributed by atoms with Gasteiger partial charge in [0.1, 0.15) is 11.6 Å². The molecule has 3 rings (SSSR count). The zero-order valence-corrected chi connectivity index (χ0v) is 18.3. The van der Waals surface area contributed by atoms with Crippen molar-refractivity contribution in [2.75, 3.05) is 7.05 Å². The third kappa shape index (κ3) is 4.81. The van der Waals surface area contributed by atoms with Crippen LogP contribution in [0, 0.1) is 11.3 Å². The molecule has 0 saturated heterocycles. The van der Waals surface area contributed by atoms with Crippen LogP contribution in [-0.4, -0.2) is 37.5 Å². The second kappa shape index (κ2) is 8.09. The number of ether oxygens (including phenoxy) is 1. The molecule has 0 radical (unpaired) electrons. The molecule has 2 aromatic carbocycles. The van der Waals surface area contributed by atoms with Crippen LogP contribution >= 0.6 is 0 Å². The van der Waals surface area contributed by atoms with E-state index < -0.39 is 27.8 Å². The van der Waals surface area contributed by atoms with Crippen molar-refractivity contribution in [3.8, 4) is 17.2 Å². The fraction of sp³-hybridized carbons (Fsp3) is 0.364. The molecule has 158 valence electrons. The van der Waals surface area contributed by atoms with Crippen molar-refractivity contribution >= 4 is 16.1 Å². The first-order valence-electron chi connectivity index (χ1n) is 9.57. The Morgan fingerprint density at radius 1 is 1.20 bits per heavy atom. The lowest BCUT2D eigenvalue weighted by atomic mass is 9.99. The highest BCUT2D eigenvalue weighted by Gasteiger charge is 2.31. The van der Waals surface area contributed by atoms with Gasteiger partial charge in [-0.25, -0.2) is 13.2 Å². The predicted octanol–water partition coefficient (Wildman–Crippen LogP) is 3.45. The van der Waals surface area contributed by atoms with E-state index >= 15 is 0 Å². The monoisotopic (exact) mass is 427 g/mol. The van der Waals surface area contributed by atoms with Gasteiger partial charge < -0.3 is 10.1 Å². The fourth-order valence-electron chi connectivity index (χ4n) is 3.27. The van der Waals surface area contributed by atoms with E-state index in [0.717, 1.165) is 22.3 Å². The van der Waals surface area contributed by atoms with Crippen LogP contribution in [0.4, 0.5) is 4.79 Å². The summed E-state index contributed by atoms with van der Waals surface area (Å²) < 4.78 is 31.0. The van der Waals surface area contributed by atoms with E-state index in [4.69, 9.17) is 4.74 Å². The molecule has 0 bridgehead atoms. The topological polar surface area (TPSA) is 99.5 Å². The lowest BCUT2D eigenvalue weighted by Crippen LogP contribution is -2.39. The molecule has 1 aliphatic heterocycles. The number of fused-ring (bicyclic) bond motifs is 1. The van der Waals surface area contributed by atoms with Crippen LogP contribution in [0.1, 0.15) is 31.9 Å². The van der Waals surface area contributed by atoms with Crippen LogP contribution in [-0.2, 0) is 27.7 Å². The van der Waals surface area contributed by atoms with Gasteiger partial charge in [-0.1, -0.05) is 30.3 Å². The summed E-state index contributed by atoms with van der Waals surface area (Å²) in [6, 6.07) is 14.4. The molecule has 0 unspecified atom stereocenters. The lowest BCUT2D eigenvalue weighted by Gasteiger charge is -2.21. The number of carbonyl (C=O) groups is 1. The molecule has 30 heavy (non-hydrogen) atoms. The molecule has 2 aromatic rings. The Morgan fingerprint density at radius 2 is 1.83 bits per heavy atom. The van der Waals surface area contributed by atoms with E-state index in [9.17, 15) is 18.5 Å². The maximum Gasteiger partial charge on any atom is 0.408 e. The van der Waals surface area contributed by atoms with E-state index in [1.165, 1.54) is 4.31 Å². The first-order chi connectivity index (χ1) is 14.0. The van der Waals surface area contributed by atoms with Gasteiger partial charge >= 0.3 is 6.09 Å². The molecular weight excluding hydrogens is 402 g/mol. The van der Waals surface area contributed by atoms with Gasteiger partial charge in [-0.3, -0.25) is 0 Å². The van der Waals surface area contributed by atoms with Crippen molar-refractivity contribution in [1.82, 2.24) is 9.62 Å². The van der Waals surface area contributed by atoms with Crippen LogP contribution in [0.15, 0.2) is 47.4 Å². The number of amides is 1. The average molecular weight is 428 g/mol. The first-order valence-corrected chi connectivity index (χ1v) is 11.0. The first kappa shape index (κ1) is 21.8. The average Bonchev–Trinajstić information content (AvgIpc) is 2.88. The highest BCUT2D eigenvalue weighted by atomic mass is 32.2. The summed E-state index contributed by atoms with van der Waals surface area (Å²) in [4.78, 5) is 12.2. The molecule has 1 N–H and O–H groups in total. The van der Waals surface area contributed by atoms with Crippen LogP contribution in [0.3, 0.4) is 0 Å². The minimum absolute atomic E-state index is 0.350. The smallest absolute Gasteiger partial charge is 0.408 e. The van der Waals surface area contributed by atoms with Crippen molar-refractivity contribution in [2.45, 2.75) is 50.3 Å². The Kier molecular flexibility index (Phi) is 5.88. The van der Waals surface area contributed by atoms with Crippen molar-refractivity contribution in [3.63, 3.8) is 0 Å². The minimum atomic E-state index is -3.37. The molecule has 7 nitrogen and oxygen atoms in total. The fourth-order valence-corrected chi connectivity index (χ4v) is 4.61. The van der Waals surface area contributed by atoms with E-state index in [1.807, 2.05) is 30.3 Å². The number of nitrogens with zero attached hydrogens (tertiary/aromatic N) is 2. The Balaban J connectivity index is 1.71. The van der Waals surface area contributed by atoms with Crippen molar-refractivity contribution in [2.24, 2.45) is 0 Å². The predicted molar refractivity (Wildman–Crippen MR) is 113 cm³/mol. The van der Waals surface area contributed by atoms with Gasteiger partial charge in [0.05, 0.1) is 11.0 Å². The van der Waals surface area contributed by atoms with Crippen LogP contribution in [0.25, 0.3) is 11.1 Å². The van der Waals surface area contributed by atoms with Crippen molar-refractivity contribution in [3.05, 3.63) is 53.6 Å².